The second-order valence-electron chi connectivity index (χ2n) is 5.57. The van der Waals surface area contributed by atoms with Crippen molar-refractivity contribution in [1.29, 1.82) is 0 Å². The lowest BCUT2D eigenvalue weighted by Gasteiger charge is -2.41. The first-order valence-electron chi connectivity index (χ1n) is 6.73. The lowest BCUT2D eigenvalue weighted by Crippen LogP contribution is -2.47. The minimum atomic E-state index is -0.489. The van der Waals surface area contributed by atoms with Crippen LogP contribution in [-0.4, -0.2) is 30.9 Å². The van der Waals surface area contributed by atoms with Crippen LogP contribution in [0, 0.1) is 0 Å². The van der Waals surface area contributed by atoms with Gasteiger partial charge < -0.3 is 14.7 Å². The number of rotatable bonds is 3. The number of aliphatic hydroxyl groups excluding tert-OH is 1. The first-order chi connectivity index (χ1) is 8.95. The van der Waals surface area contributed by atoms with Crippen LogP contribution < -0.4 is 4.90 Å². The van der Waals surface area contributed by atoms with Crippen LogP contribution in [0.2, 0.25) is 5.02 Å². The molecule has 2 unspecified atom stereocenters. The summed E-state index contributed by atoms with van der Waals surface area (Å²) in [4.78, 5) is 2.27. The van der Waals surface area contributed by atoms with Gasteiger partial charge in [0.25, 0.3) is 0 Å². The van der Waals surface area contributed by atoms with Crippen molar-refractivity contribution in [3.8, 4) is 0 Å². The number of benzene rings is 1. The monoisotopic (exact) mass is 283 g/mol. The molecule has 19 heavy (non-hydrogen) atoms. The Morgan fingerprint density at radius 1 is 1.47 bits per heavy atom. The van der Waals surface area contributed by atoms with Gasteiger partial charge in [-0.2, -0.15) is 0 Å². The van der Waals surface area contributed by atoms with E-state index in [9.17, 15) is 5.11 Å². The van der Waals surface area contributed by atoms with E-state index in [1.54, 1.807) is 14.0 Å². The van der Waals surface area contributed by atoms with Crippen molar-refractivity contribution in [3.05, 3.63) is 28.8 Å². The molecule has 106 valence electrons. The van der Waals surface area contributed by atoms with Crippen molar-refractivity contribution < 1.29 is 9.84 Å². The molecule has 0 saturated carbocycles. The highest BCUT2D eigenvalue weighted by Crippen LogP contribution is 2.33. The second kappa shape index (κ2) is 5.70. The number of anilines is 1. The van der Waals surface area contributed by atoms with E-state index in [-0.39, 0.29) is 5.60 Å². The number of halogens is 1. The van der Waals surface area contributed by atoms with E-state index in [4.69, 9.17) is 16.3 Å². The highest BCUT2D eigenvalue weighted by Gasteiger charge is 2.31. The summed E-state index contributed by atoms with van der Waals surface area (Å²) in [6, 6.07) is 5.77. The standard InChI is InChI=1S/C15H22ClNO2/c1-11(18)12-5-6-14(13(16)9-12)17-8-4-7-15(2,10-17)19-3/h5-6,9,11,18H,4,7-8,10H2,1-3H3. The normalized spacial score (nSPS) is 25.4. The van der Waals surface area contributed by atoms with Crippen molar-refractivity contribution in [1.82, 2.24) is 0 Å². The molecule has 1 saturated heterocycles. The molecule has 0 radical (unpaired) electrons. The molecular formula is C15H22ClNO2. The van der Waals surface area contributed by atoms with Gasteiger partial charge in [0.15, 0.2) is 0 Å². The zero-order chi connectivity index (χ0) is 14.0. The molecule has 1 N–H and O–H groups in total. The van der Waals surface area contributed by atoms with E-state index in [0.29, 0.717) is 5.02 Å². The number of nitrogens with zero attached hydrogens (tertiary/aromatic N) is 1. The molecule has 1 aliphatic rings. The molecule has 2 rings (SSSR count). The topological polar surface area (TPSA) is 32.7 Å². The van der Waals surface area contributed by atoms with E-state index < -0.39 is 6.10 Å². The molecule has 0 bridgehead atoms. The zero-order valence-electron chi connectivity index (χ0n) is 11.8. The summed E-state index contributed by atoms with van der Waals surface area (Å²) in [6.45, 7) is 5.72. The summed E-state index contributed by atoms with van der Waals surface area (Å²) in [6.07, 6.45) is 1.68. The predicted molar refractivity (Wildman–Crippen MR) is 78.9 cm³/mol. The van der Waals surface area contributed by atoms with Gasteiger partial charge in [0.1, 0.15) is 0 Å². The summed E-state index contributed by atoms with van der Waals surface area (Å²) in [5.74, 6) is 0. The average molecular weight is 284 g/mol. The number of methoxy groups -OCH3 is 1. The van der Waals surface area contributed by atoms with Crippen LogP contribution in [0.3, 0.4) is 0 Å². The van der Waals surface area contributed by atoms with E-state index in [0.717, 1.165) is 37.2 Å². The number of piperidine rings is 1. The van der Waals surface area contributed by atoms with E-state index in [1.165, 1.54) is 0 Å². The van der Waals surface area contributed by atoms with Crippen LogP contribution in [0.5, 0.6) is 0 Å². The van der Waals surface area contributed by atoms with Crippen molar-refractivity contribution in [2.75, 3.05) is 25.1 Å². The van der Waals surface area contributed by atoms with Gasteiger partial charge in [-0.3, -0.25) is 0 Å². The molecule has 1 aromatic rings. The Kier molecular flexibility index (Phi) is 4.39. The van der Waals surface area contributed by atoms with Crippen LogP contribution in [0.1, 0.15) is 38.4 Å². The Balaban J connectivity index is 2.22. The van der Waals surface area contributed by atoms with Crippen LogP contribution in [0.15, 0.2) is 18.2 Å². The van der Waals surface area contributed by atoms with Crippen LogP contribution in [0.25, 0.3) is 0 Å². The molecule has 1 aliphatic heterocycles. The minimum absolute atomic E-state index is 0.107. The van der Waals surface area contributed by atoms with Crippen molar-refractivity contribution in [3.63, 3.8) is 0 Å². The molecular weight excluding hydrogens is 262 g/mol. The lowest BCUT2D eigenvalue weighted by molar-refractivity contribution is -0.00465. The first kappa shape index (κ1) is 14.6. The maximum atomic E-state index is 9.58. The Hall–Kier alpha value is -0.770. The molecule has 0 aromatic heterocycles. The fourth-order valence-electron chi connectivity index (χ4n) is 2.62. The third kappa shape index (κ3) is 3.22. The predicted octanol–water partition coefficient (Wildman–Crippen LogP) is 3.40. The van der Waals surface area contributed by atoms with Crippen molar-refractivity contribution in [2.45, 2.75) is 38.4 Å². The number of hydrogen-bond acceptors (Lipinski definition) is 3. The third-order valence-corrected chi connectivity index (χ3v) is 4.25. The van der Waals surface area contributed by atoms with Gasteiger partial charge in [0.2, 0.25) is 0 Å². The molecule has 1 aromatic carbocycles. The largest absolute Gasteiger partial charge is 0.389 e. The second-order valence-corrected chi connectivity index (χ2v) is 5.97. The fraction of sp³-hybridized carbons (Fsp3) is 0.600. The molecule has 1 fully saturated rings. The van der Waals surface area contributed by atoms with Crippen LogP contribution >= 0.6 is 11.6 Å². The summed E-state index contributed by atoms with van der Waals surface area (Å²) in [7, 11) is 1.77. The first-order valence-corrected chi connectivity index (χ1v) is 7.10. The quantitative estimate of drug-likeness (QED) is 0.923. The number of hydrogen-bond donors (Lipinski definition) is 1. The van der Waals surface area contributed by atoms with Gasteiger partial charge >= 0.3 is 0 Å². The SMILES string of the molecule is COC1(C)CCCN(c2ccc(C(C)O)cc2Cl)C1. The molecule has 0 aliphatic carbocycles. The molecule has 3 nitrogen and oxygen atoms in total. The Morgan fingerprint density at radius 2 is 2.21 bits per heavy atom. The Bertz CT molecular complexity index is 450. The van der Waals surface area contributed by atoms with E-state index in [2.05, 4.69) is 11.8 Å². The summed E-state index contributed by atoms with van der Waals surface area (Å²) < 4.78 is 5.61. The smallest absolute Gasteiger partial charge is 0.0825 e. The maximum Gasteiger partial charge on any atom is 0.0825 e. The minimum Gasteiger partial charge on any atom is -0.389 e. The van der Waals surface area contributed by atoms with Gasteiger partial charge in [-0.15, -0.1) is 0 Å². The van der Waals surface area contributed by atoms with Gasteiger partial charge in [0, 0.05) is 20.2 Å². The fourth-order valence-corrected chi connectivity index (χ4v) is 2.93. The van der Waals surface area contributed by atoms with E-state index in [1.807, 2.05) is 18.2 Å². The molecule has 2 atom stereocenters. The van der Waals surface area contributed by atoms with Gasteiger partial charge in [-0.25, -0.2) is 0 Å². The Morgan fingerprint density at radius 3 is 2.79 bits per heavy atom. The van der Waals surface area contributed by atoms with Crippen molar-refractivity contribution in [2.24, 2.45) is 0 Å². The van der Waals surface area contributed by atoms with Crippen LogP contribution in [0.4, 0.5) is 5.69 Å². The molecule has 4 heteroatoms. The Labute approximate surface area is 120 Å². The van der Waals surface area contributed by atoms with E-state index >= 15 is 0 Å². The average Bonchev–Trinajstić information content (AvgIpc) is 2.38. The summed E-state index contributed by atoms with van der Waals surface area (Å²) >= 11 is 6.35. The summed E-state index contributed by atoms with van der Waals surface area (Å²) in [5, 5.41) is 10.3. The summed E-state index contributed by atoms with van der Waals surface area (Å²) in [5.41, 5.74) is 1.76. The highest BCUT2D eigenvalue weighted by molar-refractivity contribution is 6.33. The third-order valence-electron chi connectivity index (χ3n) is 3.95. The van der Waals surface area contributed by atoms with Crippen molar-refractivity contribution >= 4 is 17.3 Å². The van der Waals surface area contributed by atoms with Crippen LogP contribution in [-0.2, 0) is 4.74 Å². The maximum absolute atomic E-state index is 9.58. The number of aliphatic hydroxyl groups is 1. The lowest BCUT2D eigenvalue weighted by atomic mass is 9.94. The molecule has 0 spiro atoms. The van der Waals surface area contributed by atoms with Gasteiger partial charge in [-0.1, -0.05) is 17.7 Å². The molecule has 1 heterocycles. The van der Waals surface area contributed by atoms with Gasteiger partial charge in [-0.05, 0) is 44.4 Å². The van der Waals surface area contributed by atoms with Gasteiger partial charge in [0.05, 0.1) is 22.4 Å². The molecule has 0 amide bonds. The highest BCUT2D eigenvalue weighted by atomic mass is 35.5. The number of ether oxygens (including phenoxy) is 1. The zero-order valence-corrected chi connectivity index (χ0v) is 12.6.